The molecule has 88 valence electrons. The number of piperidine rings is 1. The van der Waals surface area contributed by atoms with Crippen molar-refractivity contribution in [2.24, 2.45) is 11.7 Å². The molecule has 0 aromatic heterocycles. The fraction of sp³-hybridized carbons (Fsp3) is 0.909. The molecule has 0 saturated carbocycles. The third kappa shape index (κ3) is 3.80. The van der Waals surface area contributed by atoms with Gasteiger partial charge in [-0.15, -0.1) is 0 Å². The SMILES string of the molecule is CCOCCCN1CC(N)C(C)CC1=O. The van der Waals surface area contributed by atoms with Crippen LogP contribution in [0.3, 0.4) is 0 Å². The molecule has 0 bridgehead atoms. The van der Waals surface area contributed by atoms with Gasteiger partial charge in [0.2, 0.25) is 5.91 Å². The zero-order valence-electron chi connectivity index (χ0n) is 9.74. The molecule has 4 nitrogen and oxygen atoms in total. The van der Waals surface area contributed by atoms with Gasteiger partial charge in [0.25, 0.3) is 0 Å². The van der Waals surface area contributed by atoms with Crippen molar-refractivity contribution in [3.05, 3.63) is 0 Å². The van der Waals surface area contributed by atoms with E-state index in [2.05, 4.69) is 0 Å². The molecular formula is C11H22N2O2. The van der Waals surface area contributed by atoms with Crippen molar-refractivity contribution in [3.63, 3.8) is 0 Å². The Bertz CT molecular complexity index is 209. The Kier molecular flexibility index (Phi) is 5.05. The second kappa shape index (κ2) is 6.08. The molecule has 1 aliphatic rings. The number of amides is 1. The lowest BCUT2D eigenvalue weighted by atomic mass is 9.93. The molecular weight excluding hydrogens is 192 g/mol. The molecule has 1 rings (SSSR count). The van der Waals surface area contributed by atoms with Gasteiger partial charge in [-0.3, -0.25) is 4.79 Å². The highest BCUT2D eigenvalue weighted by Crippen LogP contribution is 2.16. The van der Waals surface area contributed by atoms with Crippen molar-refractivity contribution in [2.75, 3.05) is 26.3 Å². The van der Waals surface area contributed by atoms with Crippen LogP contribution in [0.2, 0.25) is 0 Å². The Morgan fingerprint density at radius 2 is 2.33 bits per heavy atom. The molecule has 1 heterocycles. The van der Waals surface area contributed by atoms with E-state index in [0.717, 1.165) is 26.2 Å². The summed E-state index contributed by atoms with van der Waals surface area (Å²) in [5.41, 5.74) is 5.94. The number of nitrogens with two attached hydrogens (primary N) is 1. The standard InChI is InChI=1S/C11H22N2O2/c1-3-15-6-4-5-13-8-10(12)9(2)7-11(13)14/h9-10H,3-8,12H2,1-2H3. The minimum atomic E-state index is 0.134. The van der Waals surface area contributed by atoms with Crippen molar-refractivity contribution < 1.29 is 9.53 Å². The Hall–Kier alpha value is -0.610. The van der Waals surface area contributed by atoms with E-state index >= 15 is 0 Å². The lowest BCUT2D eigenvalue weighted by molar-refractivity contribution is -0.135. The third-order valence-corrected chi connectivity index (χ3v) is 2.93. The number of nitrogens with zero attached hydrogens (tertiary/aromatic N) is 1. The largest absolute Gasteiger partial charge is 0.382 e. The molecule has 1 saturated heterocycles. The fourth-order valence-corrected chi connectivity index (χ4v) is 1.81. The highest BCUT2D eigenvalue weighted by molar-refractivity contribution is 5.77. The van der Waals surface area contributed by atoms with E-state index in [1.54, 1.807) is 0 Å². The molecule has 1 fully saturated rings. The zero-order valence-corrected chi connectivity index (χ0v) is 9.74. The van der Waals surface area contributed by atoms with E-state index < -0.39 is 0 Å². The lowest BCUT2D eigenvalue weighted by Crippen LogP contribution is -2.50. The number of hydrogen-bond acceptors (Lipinski definition) is 3. The monoisotopic (exact) mass is 214 g/mol. The van der Waals surface area contributed by atoms with Gasteiger partial charge in [0.1, 0.15) is 0 Å². The van der Waals surface area contributed by atoms with E-state index in [1.165, 1.54) is 0 Å². The van der Waals surface area contributed by atoms with Crippen LogP contribution >= 0.6 is 0 Å². The number of rotatable bonds is 5. The summed E-state index contributed by atoms with van der Waals surface area (Å²) in [6.07, 6.45) is 1.50. The first-order chi connectivity index (χ1) is 7.15. The van der Waals surface area contributed by atoms with Crippen molar-refractivity contribution >= 4 is 5.91 Å². The summed E-state index contributed by atoms with van der Waals surface area (Å²) in [5, 5.41) is 0. The van der Waals surface area contributed by atoms with Gasteiger partial charge in [0.15, 0.2) is 0 Å². The topological polar surface area (TPSA) is 55.6 Å². The fourth-order valence-electron chi connectivity index (χ4n) is 1.81. The van der Waals surface area contributed by atoms with Crippen LogP contribution in [0.15, 0.2) is 0 Å². The first-order valence-corrected chi connectivity index (χ1v) is 5.76. The van der Waals surface area contributed by atoms with Crippen LogP contribution in [0, 0.1) is 5.92 Å². The van der Waals surface area contributed by atoms with Crippen LogP contribution in [-0.2, 0) is 9.53 Å². The molecule has 0 aliphatic carbocycles. The first-order valence-electron chi connectivity index (χ1n) is 5.76. The van der Waals surface area contributed by atoms with Crippen LogP contribution < -0.4 is 5.73 Å². The molecule has 2 unspecified atom stereocenters. The quantitative estimate of drug-likeness (QED) is 0.682. The third-order valence-electron chi connectivity index (χ3n) is 2.93. The van der Waals surface area contributed by atoms with Crippen LogP contribution in [0.5, 0.6) is 0 Å². The molecule has 0 aromatic carbocycles. The molecule has 0 radical (unpaired) electrons. The maximum Gasteiger partial charge on any atom is 0.222 e. The van der Waals surface area contributed by atoms with E-state index in [1.807, 2.05) is 18.7 Å². The van der Waals surface area contributed by atoms with E-state index in [0.29, 0.717) is 18.9 Å². The van der Waals surface area contributed by atoms with Gasteiger partial charge in [-0.25, -0.2) is 0 Å². The molecule has 0 aromatic rings. The van der Waals surface area contributed by atoms with Crippen LogP contribution in [0.4, 0.5) is 0 Å². The van der Waals surface area contributed by atoms with Crippen molar-refractivity contribution in [1.29, 1.82) is 0 Å². The molecule has 2 atom stereocenters. The smallest absolute Gasteiger partial charge is 0.222 e. The number of carbonyl (C=O) groups excluding carboxylic acids is 1. The second-order valence-corrected chi connectivity index (χ2v) is 4.24. The molecule has 1 aliphatic heterocycles. The normalized spacial score (nSPS) is 27.1. The Balaban J connectivity index is 2.25. The minimum absolute atomic E-state index is 0.134. The Morgan fingerprint density at radius 3 is 3.00 bits per heavy atom. The summed E-state index contributed by atoms with van der Waals surface area (Å²) in [6.45, 7) is 6.96. The zero-order chi connectivity index (χ0) is 11.3. The predicted molar refractivity (Wildman–Crippen MR) is 59.4 cm³/mol. The second-order valence-electron chi connectivity index (χ2n) is 4.24. The van der Waals surface area contributed by atoms with E-state index in [4.69, 9.17) is 10.5 Å². The van der Waals surface area contributed by atoms with Gasteiger partial charge in [-0.05, 0) is 19.3 Å². The van der Waals surface area contributed by atoms with Gasteiger partial charge < -0.3 is 15.4 Å². The molecule has 4 heteroatoms. The van der Waals surface area contributed by atoms with Gasteiger partial charge >= 0.3 is 0 Å². The average Bonchev–Trinajstić information content (AvgIpc) is 2.20. The predicted octanol–water partition coefficient (Wildman–Crippen LogP) is 0.609. The van der Waals surface area contributed by atoms with Gasteiger partial charge in [0, 0.05) is 38.8 Å². The molecule has 15 heavy (non-hydrogen) atoms. The van der Waals surface area contributed by atoms with Crippen LogP contribution in [-0.4, -0.2) is 43.2 Å². The number of ether oxygens (including phenoxy) is 1. The number of carbonyl (C=O) groups is 1. The van der Waals surface area contributed by atoms with Crippen LogP contribution in [0.25, 0.3) is 0 Å². The van der Waals surface area contributed by atoms with Crippen molar-refractivity contribution in [3.8, 4) is 0 Å². The van der Waals surface area contributed by atoms with Gasteiger partial charge in [0.05, 0.1) is 0 Å². The minimum Gasteiger partial charge on any atom is -0.382 e. The van der Waals surface area contributed by atoms with Gasteiger partial charge in [-0.2, -0.15) is 0 Å². The lowest BCUT2D eigenvalue weighted by Gasteiger charge is -2.34. The van der Waals surface area contributed by atoms with E-state index in [-0.39, 0.29) is 11.9 Å². The van der Waals surface area contributed by atoms with Gasteiger partial charge in [-0.1, -0.05) is 6.92 Å². The summed E-state index contributed by atoms with van der Waals surface area (Å²) in [4.78, 5) is 13.5. The molecule has 0 spiro atoms. The maximum absolute atomic E-state index is 11.6. The van der Waals surface area contributed by atoms with E-state index in [9.17, 15) is 4.79 Å². The highest BCUT2D eigenvalue weighted by Gasteiger charge is 2.28. The van der Waals surface area contributed by atoms with Crippen molar-refractivity contribution in [1.82, 2.24) is 4.90 Å². The highest BCUT2D eigenvalue weighted by atomic mass is 16.5. The summed E-state index contributed by atoms with van der Waals surface area (Å²) in [5.74, 6) is 0.557. The molecule has 1 amide bonds. The maximum atomic E-state index is 11.6. The average molecular weight is 214 g/mol. The summed E-state index contributed by atoms with van der Waals surface area (Å²) in [7, 11) is 0. The van der Waals surface area contributed by atoms with Crippen LogP contribution in [0.1, 0.15) is 26.7 Å². The summed E-state index contributed by atoms with van der Waals surface area (Å²) in [6, 6.07) is 0.134. The number of hydrogen-bond donors (Lipinski definition) is 1. The number of likely N-dealkylation sites (tertiary alicyclic amines) is 1. The Morgan fingerprint density at radius 1 is 1.60 bits per heavy atom. The summed E-state index contributed by atoms with van der Waals surface area (Å²) >= 11 is 0. The first kappa shape index (κ1) is 12.5. The summed E-state index contributed by atoms with van der Waals surface area (Å²) < 4.78 is 5.24. The van der Waals surface area contributed by atoms with Crippen molar-refractivity contribution in [2.45, 2.75) is 32.7 Å². The molecule has 2 N–H and O–H groups in total. The Labute approximate surface area is 91.8 Å².